The molecule has 1 aliphatic heterocycles. The number of methoxy groups -OCH3 is 1. The summed E-state index contributed by atoms with van der Waals surface area (Å²) in [5.74, 6) is 0.130. The van der Waals surface area contributed by atoms with Crippen molar-refractivity contribution in [3.8, 4) is 0 Å². The predicted octanol–water partition coefficient (Wildman–Crippen LogP) is 0.518. The van der Waals surface area contributed by atoms with Gasteiger partial charge in [0.2, 0.25) is 5.91 Å². The Labute approximate surface area is 130 Å². The van der Waals surface area contributed by atoms with Gasteiger partial charge in [-0.2, -0.15) is 0 Å². The van der Waals surface area contributed by atoms with Crippen LogP contribution in [0.2, 0.25) is 0 Å². The quantitative estimate of drug-likeness (QED) is 0.878. The minimum atomic E-state index is -0.544. The lowest BCUT2D eigenvalue weighted by atomic mass is 10.1. The Bertz CT molecular complexity index is 519. The second kappa shape index (κ2) is 6.22. The molecule has 22 heavy (non-hydrogen) atoms. The largest absolute Gasteiger partial charge is 0.389 e. The fourth-order valence-electron chi connectivity index (χ4n) is 3.15. The maximum absolute atomic E-state index is 12.7. The molecule has 3 rings (SSSR count). The number of ether oxygens (including phenoxy) is 1. The van der Waals surface area contributed by atoms with E-state index in [1.807, 2.05) is 12.1 Å². The monoisotopic (exact) mass is 305 g/mol. The third-order valence-electron chi connectivity index (χ3n) is 4.55. The van der Waals surface area contributed by atoms with Gasteiger partial charge in [0.15, 0.2) is 0 Å². The summed E-state index contributed by atoms with van der Waals surface area (Å²) in [6.45, 7) is 2.75. The third kappa shape index (κ3) is 3.08. The molecule has 0 bridgehead atoms. The van der Waals surface area contributed by atoms with E-state index in [9.17, 15) is 9.90 Å². The van der Waals surface area contributed by atoms with E-state index in [2.05, 4.69) is 9.88 Å². The van der Waals surface area contributed by atoms with Crippen LogP contribution in [0, 0.1) is 5.41 Å². The Morgan fingerprint density at radius 2 is 2.09 bits per heavy atom. The van der Waals surface area contributed by atoms with Crippen molar-refractivity contribution in [3.05, 3.63) is 24.5 Å². The molecule has 0 spiro atoms. The number of pyridine rings is 1. The van der Waals surface area contributed by atoms with Crippen LogP contribution in [0.5, 0.6) is 0 Å². The molecule has 1 amide bonds. The number of carbonyl (C=O) groups is 1. The topological polar surface area (TPSA) is 65.9 Å². The summed E-state index contributed by atoms with van der Waals surface area (Å²) in [4.78, 5) is 20.6. The van der Waals surface area contributed by atoms with Gasteiger partial charge in [0.25, 0.3) is 0 Å². The highest BCUT2D eigenvalue weighted by molar-refractivity contribution is 5.85. The molecule has 2 aliphatic rings. The minimum Gasteiger partial charge on any atom is -0.389 e. The third-order valence-corrected chi connectivity index (χ3v) is 4.55. The summed E-state index contributed by atoms with van der Waals surface area (Å²) in [5.41, 5.74) is 0.696. The smallest absolute Gasteiger partial charge is 0.231 e. The highest BCUT2D eigenvalue weighted by Gasteiger charge is 2.52. The number of hydrogen-bond donors (Lipinski definition) is 1. The minimum absolute atomic E-state index is 0.130. The van der Waals surface area contributed by atoms with Crippen LogP contribution < -0.4 is 4.90 Å². The number of aliphatic hydroxyl groups excluding tert-OH is 1. The van der Waals surface area contributed by atoms with E-state index in [4.69, 9.17) is 4.74 Å². The Kier molecular flexibility index (Phi) is 4.31. The number of aliphatic hydroxyl groups is 1. The van der Waals surface area contributed by atoms with Crippen molar-refractivity contribution in [1.29, 1.82) is 0 Å². The molecule has 2 heterocycles. The fourth-order valence-corrected chi connectivity index (χ4v) is 3.15. The zero-order chi connectivity index (χ0) is 15.6. The first-order chi connectivity index (χ1) is 10.6. The van der Waals surface area contributed by atoms with Gasteiger partial charge in [-0.25, -0.2) is 0 Å². The highest BCUT2D eigenvalue weighted by Crippen LogP contribution is 2.47. The van der Waals surface area contributed by atoms with Crippen LogP contribution in [0.15, 0.2) is 24.5 Å². The number of β-amino-alcohol motifs (C(OH)–C–C–N with tert-alkyl or cyclic N) is 1. The van der Waals surface area contributed by atoms with Crippen molar-refractivity contribution >= 4 is 11.6 Å². The van der Waals surface area contributed by atoms with Crippen LogP contribution in [0.3, 0.4) is 0 Å². The average Bonchev–Trinajstić information content (AvgIpc) is 3.33. The number of hydrogen-bond acceptors (Lipinski definition) is 5. The summed E-state index contributed by atoms with van der Waals surface area (Å²) in [5, 5.41) is 10.3. The van der Waals surface area contributed by atoms with Gasteiger partial charge in [-0.05, 0) is 25.0 Å². The lowest BCUT2D eigenvalue weighted by molar-refractivity contribution is -0.139. The first kappa shape index (κ1) is 15.2. The Hall–Kier alpha value is -1.66. The van der Waals surface area contributed by atoms with Crippen LogP contribution in [0.25, 0.3) is 0 Å². The number of carbonyl (C=O) groups excluding carboxylic acids is 1. The zero-order valence-electron chi connectivity index (χ0n) is 12.9. The molecular weight excluding hydrogens is 282 g/mol. The van der Waals surface area contributed by atoms with E-state index in [0.717, 1.165) is 25.1 Å². The molecule has 0 unspecified atom stereocenters. The summed E-state index contributed by atoms with van der Waals surface area (Å²) < 4.78 is 5.20. The molecule has 1 aromatic rings. The lowest BCUT2D eigenvalue weighted by Crippen LogP contribution is -2.43. The molecule has 1 N–H and O–H groups in total. The van der Waals surface area contributed by atoms with Crippen molar-refractivity contribution in [3.63, 3.8) is 0 Å². The lowest BCUT2D eigenvalue weighted by Gasteiger charge is -2.26. The van der Waals surface area contributed by atoms with Crippen molar-refractivity contribution in [1.82, 2.24) is 9.88 Å². The molecule has 1 saturated carbocycles. The molecule has 0 aromatic carbocycles. The first-order valence-corrected chi connectivity index (χ1v) is 7.76. The van der Waals surface area contributed by atoms with Crippen LogP contribution >= 0.6 is 0 Å². The van der Waals surface area contributed by atoms with Gasteiger partial charge < -0.3 is 19.6 Å². The van der Waals surface area contributed by atoms with E-state index < -0.39 is 6.10 Å². The van der Waals surface area contributed by atoms with Gasteiger partial charge in [0, 0.05) is 51.4 Å². The van der Waals surface area contributed by atoms with Gasteiger partial charge in [0.05, 0.1) is 18.1 Å². The summed E-state index contributed by atoms with van der Waals surface area (Å²) in [6.07, 6.45) is 4.72. The summed E-state index contributed by atoms with van der Waals surface area (Å²) >= 11 is 0. The normalized spacial score (nSPS) is 24.0. The van der Waals surface area contributed by atoms with Crippen LogP contribution in [0.1, 0.15) is 12.8 Å². The Balaban J connectivity index is 1.68. The molecule has 2 fully saturated rings. The van der Waals surface area contributed by atoms with Crippen molar-refractivity contribution in [2.45, 2.75) is 18.9 Å². The maximum Gasteiger partial charge on any atom is 0.231 e. The summed E-state index contributed by atoms with van der Waals surface area (Å²) in [6, 6.07) is 3.86. The fraction of sp³-hybridized carbons (Fsp3) is 0.625. The van der Waals surface area contributed by atoms with E-state index in [1.54, 1.807) is 24.4 Å². The van der Waals surface area contributed by atoms with Gasteiger partial charge in [-0.1, -0.05) is 0 Å². The van der Waals surface area contributed by atoms with Crippen molar-refractivity contribution in [2.75, 3.05) is 44.8 Å². The molecule has 120 valence electrons. The number of nitrogens with zero attached hydrogens (tertiary/aromatic N) is 3. The van der Waals surface area contributed by atoms with Crippen LogP contribution in [-0.4, -0.2) is 66.9 Å². The predicted molar refractivity (Wildman–Crippen MR) is 82.6 cm³/mol. The van der Waals surface area contributed by atoms with Gasteiger partial charge >= 0.3 is 0 Å². The maximum atomic E-state index is 12.7. The second-order valence-electron chi connectivity index (χ2n) is 6.27. The standard InChI is InChI=1S/C16H23N3O3/c1-22-12-16(4-5-16)15(21)19-9-8-18(10-14(20)11-19)13-2-6-17-7-3-13/h2-3,6-7,14,20H,4-5,8-12H2,1H3/t14-/m1/s1. The van der Waals surface area contributed by atoms with Crippen LogP contribution in [-0.2, 0) is 9.53 Å². The SMILES string of the molecule is COCC1(C(=O)N2CCN(c3ccncc3)C[C@@H](O)C2)CC1. The van der Waals surface area contributed by atoms with E-state index in [-0.39, 0.29) is 11.3 Å². The molecule has 1 atom stereocenters. The van der Waals surface area contributed by atoms with E-state index in [1.165, 1.54) is 0 Å². The van der Waals surface area contributed by atoms with Crippen molar-refractivity contribution in [2.24, 2.45) is 5.41 Å². The van der Waals surface area contributed by atoms with Crippen LogP contribution in [0.4, 0.5) is 5.69 Å². The number of aromatic nitrogens is 1. The van der Waals surface area contributed by atoms with Gasteiger partial charge in [-0.15, -0.1) is 0 Å². The molecule has 0 radical (unpaired) electrons. The Morgan fingerprint density at radius 1 is 1.36 bits per heavy atom. The Morgan fingerprint density at radius 3 is 2.73 bits per heavy atom. The molecular formula is C16H23N3O3. The van der Waals surface area contributed by atoms with E-state index in [0.29, 0.717) is 26.2 Å². The number of anilines is 1. The molecule has 1 aromatic heterocycles. The molecule has 1 saturated heterocycles. The zero-order valence-corrected chi connectivity index (χ0v) is 12.9. The average molecular weight is 305 g/mol. The molecule has 6 nitrogen and oxygen atoms in total. The van der Waals surface area contributed by atoms with Gasteiger partial charge in [-0.3, -0.25) is 9.78 Å². The first-order valence-electron chi connectivity index (χ1n) is 7.76. The number of amides is 1. The van der Waals surface area contributed by atoms with Crippen molar-refractivity contribution < 1.29 is 14.6 Å². The molecule has 6 heteroatoms. The van der Waals surface area contributed by atoms with E-state index >= 15 is 0 Å². The summed E-state index contributed by atoms with van der Waals surface area (Å²) in [7, 11) is 1.63. The molecule has 1 aliphatic carbocycles. The number of rotatable bonds is 4. The highest BCUT2D eigenvalue weighted by atomic mass is 16.5. The van der Waals surface area contributed by atoms with Gasteiger partial charge in [0.1, 0.15) is 0 Å². The second-order valence-corrected chi connectivity index (χ2v) is 6.27.